The second kappa shape index (κ2) is 8.29. The highest BCUT2D eigenvalue weighted by atomic mass is 16.2. The summed E-state index contributed by atoms with van der Waals surface area (Å²) in [5.41, 5.74) is 5.47. The predicted molar refractivity (Wildman–Crippen MR) is 99.7 cm³/mol. The lowest BCUT2D eigenvalue weighted by Crippen LogP contribution is -2.37. The summed E-state index contributed by atoms with van der Waals surface area (Å²) in [7, 11) is 1.77. The molecule has 7 nitrogen and oxygen atoms in total. The zero-order chi connectivity index (χ0) is 18.5. The van der Waals surface area contributed by atoms with Crippen LogP contribution in [0.1, 0.15) is 60.3 Å². The van der Waals surface area contributed by atoms with Crippen LogP contribution >= 0.6 is 0 Å². The van der Waals surface area contributed by atoms with Crippen LogP contribution in [0.5, 0.6) is 0 Å². The number of aryl methyl sites for hydroxylation is 3. The molecule has 2 heterocycles. The first-order chi connectivity index (χ1) is 12.6. The number of H-pyrrole nitrogens is 1. The number of carbonyl (C=O) groups is 1. The molecule has 0 unspecified atom stereocenters. The standard InChI is InChI=1S/C19H28N6O/c1-4-7-14-10-15(24-23-14)12-25(3)19(26)20-11-18-21-13(2)16-8-5-6-9-17(16)22-18/h10H,4-9,11-12H2,1-3H3,(H,20,26)(H,23,24). The van der Waals surface area contributed by atoms with Crippen LogP contribution in [0.3, 0.4) is 0 Å². The smallest absolute Gasteiger partial charge is 0.317 e. The molecule has 0 aromatic carbocycles. The minimum Gasteiger partial charge on any atom is -0.331 e. The number of hydrogen-bond acceptors (Lipinski definition) is 4. The van der Waals surface area contributed by atoms with Crippen LogP contribution < -0.4 is 5.32 Å². The van der Waals surface area contributed by atoms with E-state index in [0.29, 0.717) is 18.9 Å². The van der Waals surface area contributed by atoms with Gasteiger partial charge in [0.25, 0.3) is 0 Å². The number of urea groups is 1. The van der Waals surface area contributed by atoms with Crippen LogP contribution in [-0.4, -0.2) is 38.1 Å². The van der Waals surface area contributed by atoms with Crippen LogP contribution in [-0.2, 0) is 32.4 Å². The molecule has 1 aliphatic rings. The SMILES string of the molecule is CCCc1cc(CN(C)C(=O)NCc2nc(C)c3c(n2)CCCC3)[nH]n1. The monoisotopic (exact) mass is 356 g/mol. The van der Waals surface area contributed by atoms with Crippen molar-refractivity contribution in [3.8, 4) is 0 Å². The van der Waals surface area contributed by atoms with Crippen LogP contribution in [0.25, 0.3) is 0 Å². The zero-order valence-corrected chi connectivity index (χ0v) is 15.9. The number of aromatic nitrogens is 4. The normalized spacial score (nSPS) is 13.3. The Kier molecular flexibility index (Phi) is 5.85. The third kappa shape index (κ3) is 4.39. The molecule has 2 aromatic rings. The van der Waals surface area contributed by atoms with Gasteiger partial charge in [-0.1, -0.05) is 13.3 Å². The van der Waals surface area contributed by atoms with Gasteiger partial charge in [0.15, 0.2) is 0 Å². The Morgan fingerprint density at radius 1 is 1.31 bits per heavy atom. The van der Waals surface area contributed by atoms with E-state index in [0.717, 1.165) is 48.5 Å². The lowest BCUT2D eigenvalue weighted by molar-refractivity contribution is 0.205. The first-order valence-corrected chi connectivity index (χ1v) is 9.44. The summed E-state index contributed by atoms with van der Waals surface area (Å²) in [5.74, 6) is 0.691. The van der Waals surface area contributed by atoms with E-state index in [-0.39, 0.29) is 6.03 Å². The largest absolute Gasteiger partial charge is 0.331 e. The Morgan fingerprint density at radius 3 is 2.92 bits per heavy atom. The fourth-order valence-corrected chi connectivity index (χ4v) is 3.41. The molecule has 0 saturated carbocycles. The summed E-state index contributed by atoms with van der Waals surface area (Å²) in [4.78, 5) is 23.2. The molecular weight excluding hydrogens is 328 g/mol. The molecule has 0 fully saturated rings. The van der Waals surface area contributed by atoms with Gasteiger partial charge in [0.1, 0.15) is 5.82 Å². The average Bonchev–Trinajstić information content (AvgIpc) is 3.07. The molecule has 0 bridgehead atoms. The van der Waals surface area contributed by atoms with Gasteiger partial charge in [0.05, 0.1) is 24.5 Å². The first kappa shape index (κ1) is 18.4. The molecule has 0 aliphatic heterocycles. The fraction of sp³-hybridized carbons (Fsp3) is 0.579. The van der Waals surface area contributed by atoms with E-state index >= 15 is 0 Å². The number of fused-ring (bicyclic) bond motifs is 1. The van der Waals surface area contributed by atoms with Crippen LogP contribution in [0, 0.1) is 6.92 Å². The van der Waals surface area contributed by atoms with Crippen molar-refractivity contribution in [2.45, 2.75) is 65.5 Å². The van der Waals surface area contributed by atoms with Crippen molar-refractivity contribution in [2.75, 3.05) is 7.05 Å². The molecule has 2 N–H and O–H groups in total. The van der Waals surface area contributed by atoms with E-state index in [1.165, 1.54) is 18.4 Å². The van der Waals surface area contributed by atoms with Crippen molar-refractivity contribution < 1.29 is 4.79 Å². The van der Waals surface area contributed by atoms with Crippen LogP contribution in [0.2, 0.25) is 0 Å². The zero-order valence-electron chi connectivity index (χ0n) is 15.9. The highest BCUT2D eigenvalue weighted by molar-refractivity contribution is 5.73. The minimum atomic E-state index is -0.143. The third-order valence-corrected chi connectivity index (χ3v) is 4.78. The van der Waals surface area contributed by atoms with Gasteiger partial charge in [-0.25, -0.2) is 14.8 Å². The summed E-state index contributed by atoms with van der Waals surface area (Å²) in [6.07, 6.45) is 6.48. The molecule has 26 heavy (non-hydrogen) atoms. The van der Waals surface area contributed by atoms with E-state index in [4.69, 9.17) is 0 Å². The van der Waals surface area contributed by atoms with E-state index in [1.807, 2.05) is 13.0 Å². The van der Waals surface area contributed by atoms with Crippen molar-refractivity contribution in [1.82, 2.24) is 30.4 Å². The second-order valence-electron chi connectivity index (χ2n) is 7.01. The lowest BCUT2D eigenvalue weighted by atomic mass is 9.95. The van der Waals surface area contributed by atoms with Gasteiger partial charge in [-0.3, -0.25) is 5.10 Å². The van der Waals surface area contributed by atoms with E-state index in [1.54, 1.807) is 11.9 Å². The number of aromatic amines is 1. The Balaban J connectivity index is 1.55. The second-order valence-corrected chi connectivity index (χ2v) is 7.01. The Hall–Kier alpha value is -2.44. The van der Waals surface area contributed by atoms with Gasteiger partial charge in [-0.2, -0.15) is 5.10 Å². The van der Waals surface area contributed by atoms with Crippen molar-refractivity contribution in [3.63, 3.8) is 0 Å². The fourth-order valence-electron chi connectivity index (χ4n) is 3.41. The molecule has 2 amide bonds. The van der Waals surface area contributed by atoms with Crippen molar-refractivity contribution in [2.24, 2.45) is 0 Å². The highest BCUT2D eigenvalue weighted by Gasteiger charge is 2.16. The topological polar surface area (TPSA) is 86.8 Å². The molecule has 1 aliphatic carbocycles. The average molecular weight is 356 g/mol. The quantitative estimate of drug-likeness (QED) is 0.833. The van der Waals surface area contributed by atoms with Gasteiger partial charge in [0.2, 0.25) is 0 Å². The molecule has 3 rings (SSSR count). The highest BCUT2D eigenvalue weighted by Crippen LogP contribution is 2.21. The van der Waals surface area contributed by atoms with Crippen molar-refractivity contribution in [1.29, 1.82) is 0 Å². The maximum atomic E-state index is 12.4. The summed E-state index contributed by atoms with van der Waals surface area (Å²) < 4.78 is 0. The Bertz CT molecular complexity index is 769. The summed E-state index contributed by atoms with van der Waals surface area (Å²) in [6, 6.07) is 1.87. The minimum absolute atomic E-state index is 0.143. The van der Waals surface area contributed by atoms with Crippen LogP contribution in [0.4, 0.5) is 4.79 Å². The van der Waals surface area contributed by atoms with E-state index < -0.39 is 0 Å². The predicted octanol–water partition coefficient (Wildman–Crippen LogP) is 2.68. The van der Waals surface area contributed by atoms with Gasteiger partial charge in [0, 0.05) is 18.4 Å². The third-order valence-electron chi connectivity index (χ3n) is 4.78. The maximum absolute atomic E-state index is 12.4. The van der Waals surface area contributed by atoms with Gasteiger partial charge < -0.3 is 10.2 Å². The number of carbonyl (C=O) groups excluding carboxylic acids is 1. The van der Waals surface area contributed by atoms with E-state index in [9.17, 15) is 4.79 Å². The molecule has 0 spiro atoms. The number of nitrogens with zero attached hydrogens (tertiary/aromatic N) is 4. The Labute approximate surface area is 154 Å². The molecular formula is C19H28N6O. The number of nitrogens with one attached hydrogen (secondary N) is 2. The van der Waals surface area contributed by atoms with Gasteiger partial charge >= 0.3 is 6.03 Å². The lowest BCUT2D eigenvalue weighted by Gasteiger charge is -2.19. The van der Waals surface area contributed by atoms with Gasteiger partial charge in [-0.05, 0) is 50.7 Å². The molecule has 2 aromatic heterocycles. The number of amides is 2. The van der Waals surface area contributed by atoms with Gasteiger partial charge in [-0.15, -0.1) is 0 Å². The van der Waals surface area contributed by atoms with Crippen LogP contribution in [0.15, 0.2) is 6.07 Å². The summed E-state index contributed by atoms with van der Waals surface area (Å²) in [6.45, 7) is 5.00. The van der Waals surface area contributed by atoms with E-state index in [2.05, 4.69) is 32.4 Å². The number of rotatable bonds is 6. The maximum Gasteiger partial charge on any atom is 0.317 e. The molecule has 0 atom stereocenters. The Morgan fingerprint density at radius 2 is 2.12 bits per heavy atom. The molecule has 0 saturated heterocycles. The van der Waals surface area contributed by atoms with Crippen molar-refractivity contribution in [3.05, 3.63) is 40.2 Å². The molecule has 7 heteroatoms. The molecule has 140 valence electrons. The summed E-state index contributed by atoms with van der Waals surface area (Å²) in [5, 5.41) is 10.2. The first-order valence-electron chi connectivity index (χ1n) is 9.44. The summed E-state index contributed by atoms with van der Waals surface area (Å²) >= 11 is 0. The molecule has 0 radical (unpaired) electrons. The number of hydrogen-bond donors (Lipinski definition) is 2. The van der Waals surface area contributed by atoms with Crippen molar-refractivity contribution >= 4 is 6.03 Å².